The molecular weight excluding hydrogens is 292 g/mol. The zero-order valence-corrected chi connectivity index (χ0v) is 12.6. The third-order valence-electron chi connectivity index (χ3n) is 5.22. The molecule has 118 valence electrons. The van der Waals surface area contributed by atoms with Crippen molar-refractivity contribution in [3.05, 3.63) is 65.1 Å². The van der Waals surface area contributed by atoms with E-state index in [-0.39, 0.29) is 18.8 Å². The second-order valence-corrected chi connectivity index (χ2v) is 6.65. The third-order valence-corrected chi connectivity index (χ3v) is 5.22. The first-order valence-electron chi connectivity index (χ1n) is 8.05. The van der Waals surface area contributed by atoms with E-state index in [2.05, 4.69) is 30.4 Å². The Morgan fingerprint density at radius 3 is 3.00 bits per heavy atom. The molecule has 1 N–H and O–H groups in total. The number of benzene rings is 1. The summed E-state index contributed by atoms with van der Waals surface area (Å²) in [5.74, 6) is 1.29. The minimum atomic E-state index is -0.514. The molecule has 4 nitrogen and oxygen atoms in total. The number of fused-ring (bicyclic) bond motifs is 3. The fraction of sp³-hybridized carbons (Fsp3) is 0.368. The molecular formula is C19H18O4. The molecule has 0 aromatic heterocycles. The van der Waals surface area contributed by atoms with E-state index >= 15 is 0 Å². The molecule has 4 atom stereocenters. The zero-order valence-electron chi connectivity index (χ0n) is 12.6. The molecule has 2 aliphatic carbocycles. The molecule has 1 fully saturated rings. The summed E-state index contributed by atoms with van der Waals surface area (Å²) in [4.78, 5) is 0. The maximum atomic E-state index is 10.8. The normalized spacial score (nSPS) is 37.0. The molecule has 23 heavy (non-hydrogen) atoms. The van der Waals surface area contributed by atoms with Gasteiger partial charge in [-0.3, -0.25) is 0 Å². The first kappa shape index (κ1) is 13.4. The molecule has 1 aromatic carbocycles. The van der Waals surface area contributed by atoms with Crippen molar-refractivity contribution < 1.29 is 19.3 Å². The van der Waals surface area contributed by atoms with E-state index in [0.717, 1.165) is 17.9 Å². The maximum Gasteiger partial charge on any atom is 0.230 e. The van der Waals surface area contributed by atoms with E-state index in [9.17, 15) is 5.11 Å². The molecule has 1 aromatic rings. The molecule has 4 aliphatic rings. The highest BCUT2D eigenvalue weighted by Crippen LogP contribution is 2.45. The first-order chi connectivity index (χ1) is 11.2. The van der Waals surface area contributed by atoms with Crippen LogP contribution in [-0.2, 0) is 20.6 Å². The van der Waals surface area contributed by atoms with Gasteiger partial charge in [-0.1, -0.05) is 42.5 Å². The Bertz CT molecular complexity index is 747. The fourth-order valence-corrected chi connectivity index (χ4v) is 4.15. The van der Waals surface area contributed by atoms with Gasteiger partial charge in [0, 0.05) is 12.8 Å². The first-order valence-corrected chi connectivity index (χ1v) is 8.05. The Hall–Kier alpha value is -2.04. The quantitative estimate of drug-likeness (QED) is 0.800. The van der Waals surface area contributed by atoms with Crippen LogP contribution in [0.4, 0.5) is 0 Å². The summed E-state index contributed by atoms with van der Waals surface area (Å²) in [6.45, 7) is 0.226. The van der Waals surface area contributed by atoms with Crippen LogP contribution < -0.4 is 0 Å². The summed E-state index contributed by atoms with van der Waals surface area (Å²) in [5, 5.41) is 10.8. The Morgan fingerprint density at radius 1 is 1.13 bits per heavy atom. The van der Waals surface area contributed by atoms with Crippen molar-refractivity contribution in [3.63, 3.8) is 0 Å². The highest BCUT2D eigenvalue weighted by Gasteiger charge is 2.50. The third kappa shape index (κ3) is 1.98. The van der Waals surface area contributed by atoms with Gasteiger partial charge in [0.05, 0.1) is 23.7 Å². The summed E-state index contributed by atoms with van der Waals surface area (Å²) in [6, 6.07) is 8.34. The van der Waals surface area contributed by atoms with Gasteiger partial charge >= 0.3 is 0 Å². The Labute approximate surface area is 134 Å². The van der Waals surface area contributed by atoms with Crippen LogP contribution in [0, 0.1) is 5.92 Å². The monoisotopic (exact) mass is 310 g/mol. The van der Waals surface area contributed by atoms with Crippen molar-refractivity contribution in [3.8, 4) is 0 Å². The lowest BCUT2D eigenvalue weighted by atomic mass is 9.74. The van der Waals surface area contributed by atoms with Gasteiger partial charge in [-0.25, -0.2) is 0 Å². The van der Waals surface area contributed by atoms with Crippen LogP contribution in [0.1, 0.15) is 17.5 Å². The molecule has 0 bridgehead atoms. The Balaban J connectivity index is 1.48. The van der Waals surface area contributed by atoms with E-state index in [1.54, 1.807) is 0 Å². The Kier molecular flexibility index (Phi) is 2.75. The standard InChI is InChI=1S/C19H18O4/c20-14-10-19(8-7-12-3-1-2-4-13(12)9-19)23-15-5-6-16-18(17(14)15)22-11-21-16/h1-8,14-15,17,20H,9-11H2. The van der Waals surface area contributed by atoms with Crippen molar-refractivity contribution in [2.24, 2.45) is 5.92 Å². The van der Waals surface area contributed by atoms with E-state index in [4.69, 9.17) is 14.2 Å². The Morgan fingerprint density at radius 2 is 2.04 bits per heavy atom. The van der Waals surface area contributed by atoms with Crippen LogP contribution in [0.25, 0.3) is 6.08 Å². The van der Waals surface area contributed by atoms with Crippen molar-refractivity contribution in [2.75, 3.05) is 6.79 Å². The minimum absolute atomic E-state index is 0.173. The van der Waals surface area contributed by atoms with Gasteiger partial charge in [-0.15, -0.1) is 0 Å². The van der Waals surface area contributed by atoms with E-state index < -0.39 is 11.7 Å². The van der Waals surface area contributed by atoms with Gasteiger partial charge in [-0.2, -0.15) is 0 Å². The van der Waals surface area contributed by atoms with Crippen LogP contribution in [0.2, 0.25) is 0 Å². The number of hydrogen-bond acceptors (Lipinski definition) is 4. The van der Waals surface area contributed by atoms with Crippen molar-refractivity contribution in [1.29, 1.82) is 0 Å². The molecule has 0 radical (unpaired) electrons. The van der Waals surface area contributed by atoms with Gasteiger partial charge in [0.15, 0.2) is 11.5 Å². The van der Waals surface area contributed by atoms with Crippen molar-refractivity contribution in [1.82, 2.24) is 0 Å². The highest BCUT2D eigenvalue weighted by molar-refractivity contribution is 5.59. The summed E-state index contributed by atoms with van der Waals surface area (Å²) in [6.07, 6.45) is 8.75. The zero-order chi connectivity index (χ0) is 15.4. The number of aliphatic hydroxyl groups is 1. The number of rotatable bonds is 0. The van der Waals surface area contributed by atoms with Gasteiger partial charge in [0.25, 0.3) is 0 Å². The molecule has 0 saturated carbocycles. The molecule has 4 heteroatoms. The summed E-state index contributed by atoms with van der Waals surface area (Å²) < 4.78 is 17.5. The SMILES string of the molecule is OC1CC2(C=Cc3ccccc3C2)OC2C=CC3=C(OCO3)C12. The van der Waals surface area contributed by atoms with Crippen molar-refractivity contribution >= 4 is 6.08 Å². The minimum Gasteiger partial charge on any atom is -0.457 e. The van der Waals surface area contributed by atoms with Crippen LogP contribution in [0.5, 0.6) is 0 Å². The van der Waals surface area contributed by atoms with E-state index in [1.807, 2.05) is 18.2 Å². The number of hydrogen-bond donors (Lipinski definition) is 1. The number of allylic oxidation sites excluding steroid dienone is 1. The fourth-order valence-electron chi connectivity index (χ4n) is 4.15. The number of ether oxygens (including phenoxy) is 3. The average Bonchev–Trinajstić information content (AvgIpc) is 3.02. The summed E-state index contributed by atoms with van der Waals surface area (Å²) in [5.41, 5.74) is 2.05. The van der Waals surface area contributed by atoms with Crippen LogP contribution in [0.3, 0.4) is 0 Å². The second kappa shape index (κ2) is 4.73. The predicted molar refractivity (Wildman–Crippen MR) is 84.1 cm³/mol. The average molecular weight is 310 g/mol. The predicted octanol–water partition coefficient (Wildman–Crippen LogP) is 2.55. The van der Waals surface area contributed by atoms with E-state index in [1.165, 1.54) is 11.1 Å². The molecule has 1 saturated heterocycles. The summed E-state index contributed by atoms with van der Waals surface area (Å²) >= 11 is 0. The molecule has 2 heterocycles. The van der Waals surface area contributed by atoms with Crippen LogP contribution in [0.15, 0.2) is 54.0 Å². The molecule has 0 amide bonds. The molecule has 4 unspecified atom stereocenters. The summed E-state index contributed by atoms with van der Waals surface area (Å²) in [7, 11) is 0. The topological polar surface area (TPSA) is 47.9 Å². The van der Waals surface area contributed by atoms with Gasteiger partial charge in [-0.05, 0) is 17.2 Å². The van der Waals surface area contributed by atoms with Gasteiger partial charge < -0.3 is 19.3 Å². The maximum absolute atomic E-state index is 10.8. The highest BCUT2D eigenvalue weighted by atomic mass is 16.7. The van der Waals surface area contributed by atoms with Crippen molar-refractivity contribution in [2.45, 2.75) is 30.7 Å². The van der Waals surface area contributed by atoms with E-state index in [0.29, 0.717) is 6.42 Å². The van der Waals surface area contributed by atoms with Gasteiger partial charge in [0.1, 0.15) is 0 Å². The molecule has 1 spiro atoms. The smallest absolute Gasteiger partial charge is 0.230 e. The lowest BCUT2D eigenvalue weighted by Gasteiger charge is -2.47. The second-order valence-electron chi connectivity index (χ2n) is 6.65. The molecule has 5 rings (SSSR count). The lowest BCUT2D eigenvalue weighted by Crippen LogP contribution is -2.53. The lowest BCUT2D eigenvalue weighted by molar-refractivity contribution is -0.153. The van der Waals surface area contributed by atoms with Gasteiger partial charge in [0.2, 0.25) is 6.79 Å². The molecule has 2 aliphatic heterocycles. The van der Waals surface area contributed by atoms with Crippen LogP contribution in [-0.4, -0.2) is 29.7 Å². The largest absolute Gasteiger partial charge is 0.457 e. The number of aliphatic hydroxyl groups excluding tert-OH is 1. The van der Waals surface area contributed by atoms with Crippen LogP contribution >= 0.6 is 0 Å².